The molecule has 2 aromatic rings. The molecular formula is C14H14Cl2N2O2S. The highest BCUT2D eigenvalue weighted by atomic mass is 35.5. The third-order valence-electron chi connectivity index (χ3n) is 3.03. The van der Waals surface area contributed by atoms with E-state index >= 15 is 0 Å². The van der Waals surface area contributed by atoms with Gasteiger partial charge in [-0.1, -0.05) is 35.3 Å². The van der Waals surface area contributed by atoms with Crippen LogP contribution in [0.3, 0.4) is 0 Å². The fourth-order valence-electron chi connectivity index (χ4n) is 1.81. The Morgan fingerprint density at radius 2 is 1.71 bits per heavy atom. The Morgan fingerprint density at radius 3 is 2.33 bits per heavy atom. The van der Waals surface area contributed by atoms with E-state index in [0.717, 1.165) is 5.56 Å². The molecule has 0 unspecified atom stereocenters. The van der Waals surface area contributed by atoms with Crippen molar-refractivity contribution in [2.24, 2.45) is 0 Å². The minimum atomic E-state index is -3.69. The number of nitrogens with two attached hydrogens (primary N) is 1. The molecule has 0 amide bonds. The zero-order valence-electron chi connectivity index (χ0n) is 11.2. The number of rotatable bonds is 4. The van der Waals surface area contributed by atoms with E-state index in [1.165, 1.54) is 12.1 Å². The maximum absolute atomic E-state index is 12.3. The second-order valence-electron chi connectivity index (χ2n) is 4.57. The molecule has 0 aliphatic rings. The maximum Gasteiger partial charge on any atom is 0.241 e. The van der Waals surface area contributed by atoms with Gasteiger partial charge in [-0.2, -0.15) is 0 Å². The van der Waals surface area contributed by atoms with Crippen molar-refractivity contribution in [3.63, 3.8) is 0 Å². The lowest BCUT2D eigenvalue weighted by atomic mass is 10.2. The van der Waals surface area contributed by atoms with Crippen molar-refractivity contribution in [3.8, 4) is 0 Å². The summed E-state index contributed by atoms with van der Waals surface area (Å²) in [6.07, 6.45) is 0. The Balaban J connectivity index is 2.25. The summed E-state index contributed by atoms with van der Waals surface area (Å²) in [5.74, 6) is 0. The number of sulfonamides is 1. The standard InChI is InChI=1S/C14H14Cl2N2O2S/c1-9-13(17)6-12(16)7-14(9)21(19,20)18-8-10-2-4-11(15)5-3-10/h2-7,18H,8,17H2,1H3. The van der Waals surface area contributed by atoms with Gasteiger partial charge in [-0.25, -0.2) is 13.1 Å². The van der Waals surface area contributed by atoms with Crippen molar-refractivity contribution in [1.82, 2.24) is 4.72 Å². The van der Waals surface area contributed by atoms with Gasteiger partial charge < -0.3 is 5.73 Å². The first-order chi connectivity index (χ1) is 9.79. The number of nitrogen functional groups attached to an aromatic ring is 1. The van der Waals surface area contributed by atoms with Crippen molar-refractivity contribution < 1.29 is 8.42 Å². The number of hydrogen-bond donors (Lipinski definition) is 2. The zero-order valence-corrected chi connectivity index (χ0v) is 13.6. The summed E-state index contributed by atoms with van der Waals surface area (Å²) in [4.78, 5) is 0.0847. The second-order valence-corrected chi connectivity index (χ2v) is 7.18. The van der Waals surface area contributed by atoms with Crippen LogP contribution in [0.4, 0.5) is 5.69 Å². The molecule has 112 valence electrons. The van der Waals surface area contributed by atoms with E-state index < -0.39 is 10.0 Å². The molecule has 0 aliphatic carbocycles. The second kappa shape index (κ2) is 6.23. The fraction of sp³-hybridized carbons (Fsp3) is 0.143. The lowest BCUT2D eigenvalue weighted by Crippen LogP contribution is -2.24. The third-order valence-corrected chi connectivity index (χ3v) is 5.03. The molecule has 0 atom stereocenters. The normalized spacial score (nSPS) is 11.6. The van der Waals surface area contributed by atoms with Crippen LogP contribution in [0.25, 0.3) is 0 Å². The van der Waals surface area contributed by atoms with Crippen LogP contribution in [0.2, 0.25) is 10.0 Å². The van der Waals surface area contributed by atoms with Gasteiger partial charge in [0.15, 0.2) is 0 Å². The summed E-state index contributed by atoms with van der Waals surface area (Å²) in [7, 11) is -3.69. The van der Waals surface area contributed by atoms with Crippen molar-refractivity contribution >= 4 is 38.9 Å². The van der Waals surface area contributed by atoms with Crippen LogP contribution in [0.1, 0.15) is 11.1 Å². The number of nitrogens with one attached hydrogen (secondary N) is 1. The van der Waals surface area contributed by atoms with E-state index in [1.54, 1.807) is 31.2 Å². The van der Waals surface area contributed by atoms with Crippen LogP contribution in [0.5, 0.6) is 0 Å². The molecule has 0 heterocycles. The van der Waals surface area contributed by atoms with Gasteiger partial charge in [0.05, 0.1) is 4.90 Å². The minimum absolute atomic E-state index is 0.0847. The minimum Gasteiger partial charge on any atom is -0.398 e. The van der Waals surface area contributed by atoms with Gasteiger partial charge in [0.1, 0.15) is 0 Å². The Morgan fingerprint density at radius 1 is 1.10 bits per heavy atom. The molecule has 21 heavy (non-hydrogen) atoms. The zero-order chi connectivity index (χ0) is 15.6. The lowest BCUT2D eigenvalue weighted by molar-refractivity contribution is 0.580. The molecule has 0 aromatic heterocycles. The Bertz CT molecular complexity index is 759. The van der Waals surface area contributed by atoms with E-state index in [0.29, 0.717) is 16.3 Å². The summed E-state index contributed by atoms with van der Waals surface area (Å²) in [5, 5.41) is 0.880. The van der Waals surface area contributed by atoms with Gasteiger partial charge in [-0.15, -0.1) is 0 Å². The number of hydrogen-bond acceptors (Lipinski definition) is 3. The van der Waals surface area contributed by atoms with Crippen LogP contribution < -0.4 is 10.5 Å². The molecule has 0 saturated heterocycles. The number of anilines is 1. The predicted molar refractivity (Wildman–Crippen MR) is 86.1 cm³/mol. The molecule has 4 nitrogen and oxygen atoms in total. The Kier molecular flexibility index (Phi) is 4.78. The Hall–Kier alpha value is -1.27. The molecule has 2 rings (SSSR count). The summed E-state index contributed by atoms with van der Waals surface area (Å²) in [5.41, 5.74) is 7.37. The molecule has 0 aliphatic heterocycles. The van der Waals surface area contributed by atoms with Crippen LogP contribution in [0, 0.1) is 6.92 Å². The van der Waals surface area contributed by atoms with Crippen LogP contribution in [-0.4, -0.2) is 8.42 Å². The van der Waals surface area contributed by atoms with Crippen molar-refractivity contribution in [1.29, 1.82) is 0 Å². The van der Waals surface area contributed by atoms with Crippen molar-refractivity contribution in [2.75, 3.05) is 5.73 Å². The van der Waals surface area contributed by atoms with E-state index in [2.05, 4.69) is 4.72 Å². The molecule has 0 fully saturated rings. The summed E-state index contributed by atoms with van der Waals surface area (Å²) < 4.78 is 27.2. The highest BCUT2D eigenvalue weighted by Gasteiger charge is 2.18. The van der Waals surface area contributed by atoms with Gasteiger partial charge in [0, 0.05) is 22.3 Å². The first kappa shape index (κ1) is 16.1. The number of halogens is 2. The van der Waals surface area contributed by atoms with E-state index in [9.17, 15) is 8.42 Å². The monoisotopic (exact) mass is 344 g/mol. The van der Waals surface area contributed by atoms with Crippen molar-refractivity contribution in [3.05, 3.63) is 57.6 Å². The van der Waals surface area contributed by atoms with Gasteiger partial charge in [-0.05, 0) is 42.3 Å². The highest BCUT2D eigenvalue weighted by molar-refractivity contribution is 7.89. The smallest absolute Gasteiger partial charge is 0.241 e. The average molecular weight is 345 g/mol. The molecule has 0 spiro atoms. The molecular weight excluding hydrogens is 331 g/mol. The average Bonchev–Trinajstić information content (AvgIpc) is 2.42. The van der Waals surface area contributed by atoms with E-state index in [1.807, 2.05) is 0 Å². The lowest BCUT2D eigenvalue weighted by Gasteiger charge is -2.11. The summed E-state index contributed by atoms with van der Waals surface area (Å²) in [6.45, 7) is 1.80. The Labute approximate surface area is 133 Å². The van der Waals surface area contributed by atoms with Gasteiger partial charge in [0.25, 0.3) is 0 Å². The van der Waals surface area contributed by atoms with Gasteiger partial charge in [-0.3, -0.25) is 0 Å². The van der Waals surface area contributed by atoms with Gasteiger partial charge in [0.2, 0.25) is 10.0 Å². The molecule has 3 N–H and O–H groups in total. The van der Waals surface area contributed by atoms with Gasteiger partial charge >= 0.3 is 0 Å². The third kappa shape index (κ3) is 3.89. The van der Waals surface area contributed by atoms with Crippen molar-refractivity contribution in [2.45, 2.75) is 18.4 Å². The summed E-state index contributed by atoms with van der Waals surface area (Å²) in [6, 6.07) is 9.82. The molecule has 0 bridgehead atoms. The van der Waals surface area contributed by atoms with Crippen LogP contribution in [-0.2, 0) is 16.6 Å². The first-order valence-electron chi connectivity index (χ1n) is 6.09. The molecule has 0 radical (unpaired) electrons. The fourth-order valence-corrected chi connectivity index (χ4v) is 3.54. The van der Waals surface area contributed by atoms with Crippen LogP contribution >= 0.6 is 23.2 Å². The first-order valence-corrected chi connectivity index (χ1v) is 8.33. The molecule has 0 saturated carbocycles. The highest BCUT2D eigenvalue weighted by Crippen LogP contribution is 2.26. The largest absolute Gasteiger partial charge is 0.398 e. The predicted octanol–water partition coefficient (Wildman–Crippen LogP) is 3.36. The maximum atomic E-state index is 12.3. The van der Waals surface area contributed by atoms with Crippen LogP contribution in [0.15, 0.2) is 41.3 Å². The SMILES string of the molecule is Cc1c(N)cc(Cl)cc1S(=O)(=O)NCc1ccc(Cl)cc1. The topological polar surface area (TPSA) is 72.2 Å². The summed E-state index contributed by atoms with van der Waals surface area (Å²) >= 11 is 11.7. The quantitative estimate of drug-likeness (QED) is 0.835. The number of benzene rings is 2. The van der Waals surface area contributed by atoms with E-state index in [4.69, 9.17) is 28.9 Å². The van der Waals surface area contributed by atoms with E-state index in [-0.39, 0.29) is 16.5 Å². The molecule has 7 heteroatoms. The molecule has 2 aromatic carbocycles.